The van der Waals surface area contributed by atoms with Gasteiger partial charge in [-0.1, -0.05) is 0 Å². The van der Waals surface area contributed by atoms with Crippen LogP contribution < -0.4 is 14.8 Å². The monoisotopic (exact) mass is 461 g/mol. The minimum atomic E-state index is -0.553. The molecule has 0 saturated carbocycles. The number of ether oxygens (including phenoxy) is 3. The highest BCUT2D eigenvalue weighted by Crippen LogP contribution is 2.34. The van der Waals surface area contributed by atoms with Gasteiger partial charge in [-0.25, -0.2) is 4.79 Å². The van der Waals surface area contributed by atoms with E-state index in [2.05, 4.69) is 37.2 Å². The first-order valence-electron chi connectivity index (χ1n) is 6.34. The summed E-state index contributed by atoms with van der Waals surface area (Å²) in [5, 5.41) is 2.63. The lowest BCUT2D eigenvalue weighted by atomic mass is 10.3. The number of anilines is 1. The SMILES string of the molecule is O=C(COC(=O)c1cc(Br)c(Br)s1)Nc1ccc2c(c1)OCO2. The zero-order chi connectivity index (χ0) is 16.4. The predicted octanol–water partition coefficient (Wildman–Crippen LogP) is 3.80. The molecule has 1 N–H and O–H groups in total. The zero-order valence-corrected chi connectivity index (χ0v) is 15.4. The fourth-order valence-electron chi connectivity index (χ4n) is 1.82. The van der Waals surface area contributed by atoms with Crippen molar-refractivity contribution >= 4 is 60.8 Å². The van der Waals surface area contributed by atoms with Crippen LogP contribution in [0.3, 0.4) is 0 Å². The number of fused-ring (bicyclic) bond motifs is 1. The van der Waals surface area contributed by atoms with Gasteiger partial charge in [0.25, 0.3) is 5.91 Å². The van der Waals surface area contributed by atoms with E-state index in [1.54, 1.807) is 24.3 Å². The van der Waals surface area contributed by atoms with Crippen LogP contribution in [0.2, 0.25) is 0 Å². The van der Waals surface area contributed by atoms with Crippen LogP contribution in [-0.4, -0.2) is 25.3 Å². The number of halogens is 2. The topological polar surface area (TPSA) is 73.9 Å². The minimum absolute atomic E-state index is 0.163. The summed E-state index contributed by atoms with van der Waals surface area (Å²) in [5.74, 6) is 0.200. The average molecular weight is 463 g/mol. The van der Waals surface area contributed by atoms with Crippen molar-refractivity contribution in [1.29, 1.82) is 0 Å². The highest BCUT2D eigenvalue weighted by Gasteiger charge is 2.16. The quantitative estimate of drug-likeness (QED) is 0.699. The third-order valence-corrected chi connectivity index (χ3v) is 6.07. The Kier molecular flexibility index (Phi) is 4.88. The molecule has 0 spiro atoms. The standard InChI is InChI=1S/C14H9Br2NO5S/c15-8-4-11(23-13(8)16)14(19)20-5-12(18)17-7-1-2-9-10(3-7)22-6-21-9/h1-4H,5-6H2,(H,17,18). The van der Waals surface area contributed by atoms with Gasteiger partial charge < -0.3 is 19.5 Å². The van der Waals surface area contributed by atoms with Gasteiger partial charge >= 0.3 is 5.97 Å². The number of carbonyl (C=O) groups excluding carboxylic acids is 2. The molecular formula is C14H9Br2NO5S. The highest BCUT2D eigenvalue weighted by atomic mass is 79.9. The van der Waals surface area contributed by atoms with E-state index in [9.17, 15) is 9.59 Å². The van der Waals surface area contributed by atoms with E-state index in [0.717, 1.165) is 8.26 Å². The molecule has 0 unspecified atom stereocenters. The molecule has 1 aromatic heterocycles. The molecular weight excluding hydrogens is 454 g/mol. The zero-order valence-electron chi connectivity index (χ0n) is 11.4. The molecule has 1 amide bonds. The van der Waals surface area contributed by atoms with Crippen LogP contribution in [0.25, 0.3) is 0 Å². The molecule has 1 aromatic carbocycles. The van der Waals surface area contributed by atoms with E-state index in [-0.39, 0.29) is 13.4 Å². The first kappa shape index (κ1) is 16.3. The summed E-state index contributed by atoms with van der Waals surface area (Å²) in [6.07, 6.45) is 0. The van der Waals surface area contributed by atoms with Gasteiger partial charge in [0.05, 0.1) is 3.79 Å². The van der Waals surface area contributed by atoms with Gasteiger partial charge in [-0.05, 0) is 50.1 Å². The second kappa shape index (κ2) is 6.90. The Morgan fingerprint density at radius 2 is 2.00 bits per heavy atom. The number of benzene rings is 1. The summed E-state index contributed by atoms with van der Waals surface area (Å²) in [6, 6.07) is 6.66. The number of carbonyl (C=O) groups is 2. The fraction of sp³-hybridized carbons (Fsp3) is 0.143. The highest BCUT2D eigenvalue weighted by molar-refractivity contribution is 9.13. The van der Waals surface area contributed by atoms with Crippen molar-refractivity contribution in [3.63, 3.8) is 0 Å². The van der Waals surface area contributed by atoms with Gasteiger partial charge in [-0.2, -0.15) is 0 Å². The molecule has 0 bridgehead atoms. The summed E-state index contributed by atoms with van der Waals surface area (Å²) < 4.78 is 16.9. The molecule has 2 aromatic rings. The van der Waals surface area contributed by atoms with Crippen LogP contribution in [0.4, 0.5) is 5.69 Å². The van der Waals surface area contributed by atoms with Crippen LogP contribution in [0.15, 0.2) is 32.5 Å². The molecule has 1 aliphatic heterocycles. The van der Waals surface area contributed by atoms with Crippen molar-refractivity contribution < 1.29 is 23.8 Å². The van der Waals surface area contributed by atoms with E-state index < -0.39 is 11.9 Å². The van der Waals surface area contributed by atoms with E-state index in [4.69, 9.17) is 14.2 Å². The van der Waals surface area contributed by atoms with Gasteiger partial charge in [0, 0.05) is 16.2 Å². The minimum Gasteiger partial charge on any atom is -0.454 e. The maximum absolute atomic E-state index is 11.9. The Morgan fingerprint density at radius 1 is 1.22 bits per heavy atom. The van der Waals surface area contributed by atoms with Gasteiger partial charge in [0.1, 0.15) is 4.88 Å². The first-order valence-corrected chi connectivity index (χ1v) is 8.74. The Bertz CT molecular complexity index is 757. The summed E-state index contributed by atoms with van der Waals surface area (Å²) in [5.41, 5.74) is 0.539. The van der Waals surface area contributed by atoms with Crippen LogP contribution >= 0.6 is 43.2 Å². The third kappa shape index (κ3) is 3.85. The summed E-state index contributed by atoms with van der Waals surface area (Å²) >= 11 is 7.81. The first-order chi connectivity index (χ1) is 11.0. The molecule has 0 radical (unpaired) electrons. The number of nitrogens with one attached hydrogen (secondary N) is 1. The Hall–Kier alpha value is -1.58. The smallest absolute Gasteiger partial charge is 0.348 e. The number of amides is 1. The van der Waals surface area contributed by atoms with Crippen molar-refractivity contribution in [2.45, 2.75) is 0 Å². The number of hydrogen-bond donors (Lipinski definition) is 1. The number of rotatable bonds is 4. The van der Waals surface area contributed by atoms with Crippen molar-refractivity contribution in [2.75, 3.05) is 18.7 Å². The largest absolute Gasteiger partial charge is 0.454 e. The van der Waals surface area contributed by atoms with E-state index in [1.807, 2.05) is 0 Å². The van der Waals surface area contributed by atoms with E-state index in [0.29, 0.717) is 22.1 Å². The molecule has 0 fully saturated rings. The molecule has 9 heteroatoms. The van der Waals surface area contributed by atoms with Gasteiger partial charge in [-0.15, -0.1) is 11.3 Å². The molecule has 23 heavy (non-hydrogen) atoms. The average Bonchev–Trinajstić information content (AvgIpc) is 3.11. The second-order valence-electron chi connectivity index (χ2n) is 4.42. The fourth-order valence-corrected chi connectivity index (χ4v) is 3.75. The molecule has 2 heterocycles. The number of thiophene rings is 1. The maximum Gasteiger partial charge on any atom is 0.348 e. The van der Waals surface area contributed by atoms with Gasteiger partial charge in [0.15, 0.2) is 18.1 Å². The molecule has 0 atom stereocenters. The van der Waals surface area contributed by atoms with Crippen LogP contribution in [0, 0.1) is 0 Å². The lowest BCUT2D eigenvalue weighted by Gasteiger charge is -2.06. The van der Waals surface area contributed by atoms with E-state index >= 15 is 0 Å². The predicted molar refractivity (Wildman–Crippen MR) is 91.2 cm³/mol. The maximum atomic E-state index is 11.9. The van der Waals surface area contributed by atoms with Crippen molar-refractivity contribution in [3.8, 4) is 11.5 Å². The van der Waals surface area contributed by atoms with Gasteiger partial charge in [-0.3, -0.25) is 4.79 Å². The molecule has 3 rings (SSSR count). The lowest BCUT2D eigenvalue weighted by molar-refractivity contribution is -0.119. The number of esters is 1. The van der Waals surface area contributed by atoms with Crippen molar-refractivity contribution in [1.82, 2.24) is 0 Å². The lowest BCUT2D eigenvalue weighted by Crippen LogP contribution is -2.20. The molecule has 0 saturated heterocycles. The third-order valence-electron chi connectivity index (χ3n) is 2.84. The summed E-state index contributed by atoms with van der Waals surface area (Å²) in [6.45, 7) is -0.212. The summed E-state index contributed by atoms with van der Waals surface area (Å²) in [7, 11) is 0. The van der Waals surface area contributed by atoms with E-state index in [1.165, 1.54) is 11.3 Å². The molecule has 6 nitrogen and oxygen atoms in total. The Morgan fingerprint density at radius 3 is 2.74 bits per heavy atom. The van der Waals surface area contributed by atoms with Crippen molar-refractivity contribution in [2.24, 2.45) is 0 Å². The Labute approximate surface area is 152 Å². The van der Waals surface area contributed by atoms with Crippen LogP contribution in [-0.2, 0) is 9.53 Å². The number of hydrogen-bond acceptors (Lipinski definition) is 6. The Balaban J connectivity index is 1.54. The van der Waals surface area contributed by atoms with Crippen molar-refractivity contribution in [3.05, 3.63) is 37.4 Å². The molecule has 120 valence electrons. The van der Waals surface area contributed by atoms with Gasteiger partial charge in [0.2, 0.25) is 6.79 Å². The molecule has 1 aliphatic rings. The second-order valence-corrected chi connectivity index (χ2v) is 7.65. The normalized spacial score (nSPS) is 12.1. The molecule has 0 aliphatic carbocycles. The van der Waals surface area contributed by atoms with Crippen LogP contribution in [0.5, 0.6) is 11.5 Å². The van der Waals surface area contributed by atoms with Crippen LogP contribution in [0.1, 0.15) is 9.67 Å². The summed E-state index contributed by atoms with van der Waals surface area (Å²) in [4.78, 5) is 24.1.